The predicted octanol–water partition coefficient (Wildman–Crippen LogP) is 4.30. The third-order valence-electron chi connectivity index (χ3n) is 3.42. The quantitative estimate of drug-likeness (QED) is 0.771. The minimum absolute atomic E-state index is 0.0392. The highest BCUT2D eigenvalue weighted by Crippen LogP contribution is 2.25. The van der Waals surface area contributed by atoms with Crippen LogP contribution in [0.25, 0.3) is 0 Å². The highest BCUT2D eigenvalue weighted by molar-refractivity contribution is 9.10. The summed E-state index contributed by atoms with van der Waals surface area (Å²) >= 11 is 3.33. The molecule has 1 aromatic rings. The van der Waals surface area contributed by atoms with Crippen LogP contribution in [0, 0.1) is 5.92 Å². The lowest BCUT2D eigenvalue weighted by Crippen LogP contribution is -2.24. The summed E-state index contributed by atoms with van der Waals surface area (Å²) in [4.78, 5) is 23.7. The van der Waals surface area contributed by atoms with E-state index in [2.05, 4.69) is 15.9 Å². The molecule has 21 heavy (non-hydrogen) atoms. The summed E-state index contributed by atoms with van der Waals surface area (Å²) in [5.74, 6) is -1.52. The van der Waals surface area contributed by atoms with Crippen LogP contribution in [0.3, 0.4) is 0 Å². The molecule has 5 heteroatoms. The number of carboxylic acid groups (broad SMARTS) is 1. The highest BCUT2D eigenvalue weighted by Gasteiger charge is 2.23. The number of aryl methyl sites for hydroxylation is 1. The van der Waals surface area contributed by atoms with Crippen LogP contribution < -0.4 is 0 Å². The Morgan fingerprint density at radius 1 is 1.24 bits per heavy atom. The number of hydrogen-bond acceptors (Lipinski definition) is 3. The van der Waals surface area contributed by atoms with E-state index in [4.69, 9.17) is 4.74 Å². The Bertz CT molecular complexity index is 537. The van der Waals surface area contributed by atoms with E-state index in [1.807, 2.05) is 27.7 Å². The molecule has 0 fully saturated rings. The van der Waals surface area contributed by atoms with Gasteiger partial charge < -0.3 is 9.84 Å². The topological polar surface area (TPSA) is 63.6 Å². The zero-order chi connectivity index (χ0) is 16.2. The van der Waals surface area contributed by atoms with Crippen LogP contribution in [0.1, 0.15) is 60.4 Å². The second-order valence-corrected chi connectivity index (χ2v) is 6.10. The fourth-order valence-corrected chi connectivity index (χ4v) is 2.75. The molecule has 0 aliphatic heterocycles. The van der Waals surface area contributed by atoms with Gasteiger partial charge in [-0.3, -0.25) is 0 Å². The smallest absolute Gasteiger partial charge is 0.339 e. The molecular weight excluding hydrogens is 336 g/mol. The molecule has 0 spiro atoms. The molecule has 0 aliphatic rings. The van der Waals surface area contributed by atoms with Crippen molar-refractivity contribution in [3.8, 4) is 0 Å². The number of aromatic carboxylic acids is 1. The Balaban J connectivity index is 3.21. The molecule has 0 bridgehead atoms. The molecular formula is C16H21BrO4. The van der Waals surface area contributed by atoms with Crippen molar-refractivity contribution in [2.75, 3.05) is 0 Å². The first-order valence-electron chi connectivity index (χ1n) is 7.08. The first-order chi connectivity index (χ1) is 9.81. The van der Waals surface area contributed by atoms with Gasteiger partial charge in [-0.25, -0.2) is 9.59 Å². The monoisotopic (exact) mass is 356 g/mol. The van der Waals surface area contributed by atoms with E-state index in [1.165, 1.54) is 6.07 Å². The first kappa shape index (κ1) is 17.7. The average Bonchev–Trinajstić information content (AvgIpc) is 2.43. The van der Waals surface area contributed by atoms with Gasteiger partial charge in [0.1, 0.15) is 6.10 Å². The fraction of sp³-hybridized carbons (Fsp3) is 0.500. The largest absolute Gasteiger partial charge is 0.478 e. The van der Waals surface area contributed by atoms with E-state index in [1.54, 1.807) is 6.07 Å². The van der Waals surface area contributed by atoms with Crippen LogP contribution >= 0.6 is 15.9 Å². The third-order valence-corrected chi connectivity index (χ3v) is 4.16. The van der Waals surface area contributed by atoms with Gasteiger partial charge in [-0.05, 0) is 36.5 Å². The molecule has 1 atom stereocenters. The Morgan fingerprint density at radius 2 is 1.86 bits per heavy atom. The first-order valence-corrected chi connectivity index (χ1v) is 7.87. The number of halogens is 1. The molecule has 4 nitrogen and oxygen atoms in total. The Hall–Kier alpha value is -1.36. The molecule has 0 radical (unpaired) electrons. The number of carbonyl (C=O) groups excluding carboxylic acids is 1. The number of benzene rings is 1. The maximum Gasteiger partial charge on any atom is 0.339 e. The zero-order valence-electron chi connectivity index (χ0n) is 12.8. The summed E-state index contributed by atoms with van der Waals surface area (Å²) < 4.78 is 6.15. The number of carboxylic acids is 1. The summed E-state index contributed by atoms with van der Waals surface area (Å²) in [5.41, 5.74) is 0.953. The third kappa shape index (κ3) is 4.30. The molecule has 0 amide bonds. The highest BCUT2D eigenvalue weighted by atomic mass is 79.9. The van der Waals surface area contributed by atoms with Crippen LogP contribution in [0.2, 0.25) is 0 Å². The summed E-state index contributed by atoms with van der Waals surface area (Å²) in [6, 6.07) is 3.07. The molecule has 0 aromatic heterocycles. The minimum Gasteiger partial charge on any atom is -0.478 e. The van der Waals surface area contributed by atoms with Crippen molar-refractivity contribution in [2.45, 2.75) is 46.6 Å². The number of hydrogen-bond donors (Lipinski definition) is 1. The minimum atomic E-state index is -1.14. The van der Waals surface area contributed by atoms with Gasteiger partial charge in [-0.15, -0.1) is 0 Å². The lowest BCUT2D eigenvalue weighted by atomic mass is 10.0. The van der Waals surface area contributed by atoms with Gasteiger partial charge in [0.25, 0.3) is 0 Å². The Kier molecular flexibility index (Phi) is 6.40. The van der Waals surface area contributed by atoms with E-state index in [0.717, 1.165) is 5.56 Å². The molecule has 0 heterocycles. The van der Waals surface area contributed by atoms with E-state index in [9.17, 15) is 14.7 Å². The Morgan fingerprint density at radius 3 is 2.29 bits per heavy atom. The van der Waals surface area contributed by atoms with Crippen molar-refractivity contribution in [3.63, 3.8) is 0 Å². The average molecular weight is 357 g/mol. The second-order valence-electron chi connectivity index (χ2n) is 5.24. The summed E-state index contributed by atoms with van der Waals surface area (Å²) in [7, 11) is 0. The van der Waals surface area contributed by atoms with Crippen molar-refractivity contribution < 1.29 is 19.4 Å². The van der Waals surface area contributed by atoms with Gasteiger partial charge >= 0.3 is 11.9 Å². The molecule has 1 N–H and O–H groups in total. The van der Waals surface area contributed by atoms with E-state index >= 15 is 0 Å². The van der Waals surface area contributed by atoms with Crippen LogP contribution in [-0.2, 0) is 11.2 Å². The molecule has 0 saturated heterocycles. The fourth-order valence-electron chi connectivity index (χ4n) is 2.13. The number of carbonyl (C=O) groups is 2. The number of rotatable bonds is 6. The van der Waals surface area contributed by atoms with Crippen molar-refractivity contribution in [3.05, 3.63) is 33.3 Å². The van der Waals surface area contributed by atoms with Crippen molar-refractivity contribution >= 4 is 27.9 Å². The summed E-state index contributed by atoms with van der Waals surface area (Å²) in [6.07, 6.45) is 1.18. The van der Waals surface area contributed by atoms with E-state index < -0.39 is 11.9 Å². The van der Waals surface area contributed by atoms with Crippen molar-refractivity contribution in [1.82, 2.24) is 0 Å². The van der Waals surface area contributed by atoms with Gasteiger partial charge in [-0.1, -0.05) is 43.6 Å². The molecule has 116 valence electrons. The number of ether oxygens (including phenoxy) is 1. The zero-order valence-corrected chi connectivity index (χ0v) is 14.4. The molecule has 1 aromatic carbocycles. The summed E-state index contributed by atoms with van der Waals surface area (Å²) in [5, 5.41) is 9.27. The summed E-state index contributed by atoms with van der Waals surface area (Å²) in [6.45, 7) is 7.82. The Labute approximate surface area is 133 Å². The number of esters is 1. The molecule has 1 unspecified atom stereocenters. The maximum atomic E-state index is 12.3. The van der Waals surface area contributed by atoms with Crippen LogP contribution in [-0.4, -0.2) is 23.1 Å². The SMILES string of the molecule is CCc1cc(C(=O)OC(CC)C(C)C)c(C(=O)O)cc1Br. The van der Waals surface area contributed by atoms with E-state index in [-0.39, 0.29) is 23.1 Å². The van der Waals surface area contributed by atoms with Crippen molar-refractivity contribution in [1.29, 1.82) is 0 Å². The van der Waals surface area contributed by atoms with Crippen LogP contribution in [0.5, 0.6) is 0 Å². The van der Waals surface area contributed by atoms with Crippen LogP contribution in [0.15, 0.2) is 16.6 Å². The second kappa shape index (κ2) is 7.59. The lowest BCUT2D eigenvalue weighted by molar-refractivity contribution is 0.0169. The van der Waals surface area contributed by atoms with Gasteiger partial charge in [-0.2, -0.15) is 0 Å². The van der Waals surface area contributed by atoms with Gasteiger partial charge in [0.2, 0.25) is 0 Å². The standard InChI is InChI=1S/C16H21BrO4/c1-5-10-7-12(11(15(18)19)8-13(10)17)16(20)21-14(6-2)9(3)4/h7-9,14H,5-6H2,1-4H3,(H,18,19). The normalized spacial score (nSPS) is 12.3. The van der Waals surface area contributed by atoms with Gasteiger partial charge in [0, 0.05) is 4.47 Å². The van der Waals surface area contributed by atoms with Gasteiger partial charge in [0.15, 0.2) is 0 Å². The van der Waals surface area contributed by atoms with Crippen molar-refractivity contribution in [2.24, 2.45) is 5.92 Å². The molecule has 0 saturated carbocycles. The van der Waals surface area contributed by atoms with Crippen LogP contribution in [0.4, 0.5) is 0 Å². The van der Waals surface area contributed by atoms with Gasteiger partial charge in [0.05, 0.1) is 11.1 Å². The lowest BCUT2D eigenvalue weighted by Gasteiger charge is -2.20. The maximum absolute atomic E-state index is 12.3. The molecule has 1 rings (SSSR count). The molecule has 0 aliphatic carbocycles. The predicted molar refractivity (Wildman–Crippen MR) is 84.8 cm³/mol. The van der Waals surface area contributed by atoms with E-state index in [0.29, 0.717) is 17.3 Å².